The number of anilines is 1. The summed E-state index contributed by atoms with van der Waals surface area (Å²) in [5, 5.41) is 3.52. The molecule has 0 aliphatic carbocycles. The molecule has 2 rings (SSSR count). The number of amides is 1. The van der Waals surface area contributed by atoms with Gasteiger partial charge in [0.1, 0.15) is 0 Å². The minimum absolute atomic E-state index is 0.134. The molecular formula is C17H25N3OS. The van der Waals surface area contributed by atoms with Gasteiger partial charge in [-0.15, -0.1) is 11.3 Å². The lowest BCUT2D eigenvalue weighted by atomic mass is 9.99. The van der Waals surface area contributed by atoms with Crippen LogP contribution in [0.1, 0.15) is 37.3 Å². The summed E-state index contributed by atoms with van der Waals surface area (Å²) >= 11 is 1.58. The average Bonchev–Trinajstić information content (AvgIpc) is 2.81. The number of likely N-dealkylation sites (tertiary alicyclic amines) is 1. The fourth-order valence-corrected chi connectivity index (χ4v) is 3.46. The van der Waals surface area contributed by atoms with E-state index >= 15 is 0 Å². The van der Waals surface area contributed by atoms with Gasteiger partial charge < -0.3 is 0 Å². The number of nitrogens with one attached hydrogen (secondary N) is 1. The Morgan fingerprint density at radius 2 is 2.14 bits per heavy atom. The van der Waals surface area contributed by atoms with Crippen LogP contribution in [0.5, 0.6) is 0 Å². The molecule has 1 aliphatic heterocycles. The Bertz CT molecular complexity index is 554. The number of carbonyl (C=O) groups excluding carboxylic acids is 1. The van der Waals surface area contributed by atoms with Crippen molar-refractivity contribution in [2.45, 2.75) is 40.2 Å². The van der Waals surface area contributed by atoms with Crippen molar-refractivity contribution in [1.29, 1.82) is 0 Å². The van der Waals surface area contributed by atoms with E-state index in [0.29, 0.717) is 5.13 Å². The molecule has 2 heterocycles. The Hall–Kier alpha value is -1.46. The lowest BCUT2D eigenvalue weighted by molar-refractivity contribution is -0.111. The topological polar surface area (TPSA) is 45.2 Å². The number of hydrogen-bond donors (Lipinski definition) is 1. The van der Waals surface area contributed by atoms with E-state index in [-0.39, 0.29) is 5.91 Å². The number of aryl methyl sites for hydroxylation is 1. The van der Waals surface area contributed by atoms with Crippen LogP contribution in [0.15, 0.2) is 24.3 Å². The lowest BCUT2D eigenvalue weighted by Crippen LogP contribution is -2.32. The maximum Gasteiger partial charge on any atom is 0.250 e. The highest BCUT2D eigenvalue weighted by molar-refractivity contribution is 7.15. The number of aromatic nitrogens is 1. The van der Waals surface area contributed by atoms with Gasteiger partial charge in [0.05, 0.1) is 5.69 Å². The minimum atomic E-state index is -0.134. The zero-order chi connectivity index (χ0) is 15.9. The number of carbonyl (C=O) groups is 1. The highest BCUT2D eigenvalue weighted by atomic mass is 32.1. The molecule has 1 aromatic heterocycles. The van der Waals surface area contributed by atoms with E-state index in [9.17, 15) is 4.79 Å². The fourth-order valence-electron chi connectivity index (χ4n) is 2.45. The minimum Gasteiger partial charge on any atom is -0.298 e. The van der Waals surface area contributed by atoms with E-state index in [0.717, 1.165) is 31.2 Å². The fraction of sp³-hybridized carbons (Fsp3) is 0.529. The van der Waals surface area contributed by atoms with Crippen molar-refractivity contribution in [1.82, 2.24) is 9.88 Å². The van der Waals surface area contributed by atoms with Gasteiger partial charge in [0.2, 0.25) is 5.91 Å². The van der Waals surface area contributed by atoms with Gasteiger partial charge in [-0.3, -0.25) is 15.0 Å². The third-order valence-electron chi connectivity index (χ3n) is 3.92. The maximum absolute atomic E-state index is 11.8. The Kier molecular flexibility index (Phi) is 6.34. The van der Waals surface area contributed by atoms with Crippen molar-refractivity contribution < 1.29 is 4.79 Å². The molecule has 1 aromatic rings. The Morgan fingerprint density at radius 3 is 2.82 bits per heavy atom. The van der Waals surface area contributed by atoms with Gasteiger partial charge in [0.15, 0.2) is 5.13 Å². The highest BCUT2D eigenvalue weighted by Gasteiger charge is 2.18. The van der Waals surface area contributed by atoms with Crippen LogP contribution < -0.4 is 5.32 Å². The summed E-state index contributed by atoms with van der Waals surface area (Å²) in [6, 6.07) is 0. The highest BCUT2D eigenvalue weighted by Crippen LogP contribution is 2.26. The third-order valence-corrected chi connectivity index (χ3v) is 4.98. The van der Waals surface area contributed by atoms with Gasteiger partial charge in [0.25, 0.3) is 0 Å². The summed E-state index contributed by atoms with van der Waals surface area (Å²) in [6.45, 7) is 9.52. The van der Waals surface area contributed by atoms with Gasteiger partial charge in [-0.1, -0.05) is 25.2 Å². The summed E-state index contributed by atoms with van der Waals surface area (Å²) in [5.74, 6) is 0.711. The molecule has 5 heteroatoms. The number of rotatable bonds is 5. The van der Waals surface area contributed by atoms with Crippen molar-refractivity contribution in [2.24, 2.45) is 5.92 Å². The third kappa shape index (κ3) is 5.07. The molecule has 0 radical (unpaired) electrons. The molecule has 0 spiro atoms. The van der Waals surface area contributed by atoms with Crippen LogP contribution in [0.2, 0.25) is 0 Å². The second-order valence-electron chi connectivity index (χ2n) is 5.86. The molecule has 0 aromatic carbocycles. The van der Waals surface area contributed by atoms with Crippen LogP contribution >= 0.6 is 11.3 Å². The summed E-state index contributed by atoms with van der Waals surface area (Å²) < 4.78 is 0. The maximum atomic E-state index is 11.8. The molecule has 1 fully saturated rings. The smallest absolute Gasteiger partial charge is 0.250 e. The first kappa shape index (κ1) is 16.9. The van der Waals surface area contributed by atoms with Crippen molar-refractivity contribution in [3.63, 3.8) is 0 Å². The van der Waals surface area contributed by atoms with E-state index < -0.39 is 0 Å². The first-order valence-electron chi connectivity index (χ1n) is 7.87. The molecule has 4 nitrogen and oxygen atoms in total. The quantitative estimate of drug-likeness (QED) is 0.664. The van der Waals surface area contributed by atoms with Crippen molar-refractivity contribution in [3.8, 4) is 0 Å². The Balaban J connectivity index is 1.92. The second-order valence-corrected chi connectivity index (χ2v) is 6.94. The van der Waals surface area contributed by atoms with E-state index in [1.54, 1.807) is 17.4 Å². The van der Waals surface area contributed by atoms with Crippen LogP contribution in [0.4, 0.5) is 5.13 Å². The van der Waals surface area contributed by atoms with Gasteiger partial charge in [-0.2, -0.15) is 0 Å². The molecule has 120 valence electrons. The molecule has 22 heavy (non-hydrogen) atoms. The zero-order valence-electron chi connectivity index (χ0n) is 13.6. The Labute approximate surface area is 136 Å². The molecule has 1 N–H and O–H groups in total. The first-order chi connectivity index (χ1) is 10.6. The van der Waals surface area contributed by atoms with E-state index in [4.69, 9.17) is 0 Å². The monoisotopic (exact) mass is 319 g/mol. The summed E-state index contributed by atoms with van der Waals surface area (Å²) in [5.41, 5.74) is 1.02. The van der Waals surface area contributed by atoms with Gasteiger partial charge in [0, 0.05) is 17.5 Å². The van der Waals surface area contributed by atoms with E-state index in [1.807, 2.05) is 26.0 Å². The van der Waals surface area contributed by atoms with Crippen LogP contribution in [0, 0.1) is 12.8 Å². The molecule has 0 atom stereocenters. The predicted octanol–water partition coefficient (Wildman–Crippen LogP) is 3.75. The van der Waals surface area contributed by atoms with Gasteiger partial charge in [-0.05, 0) is 45.7 Å². The summed E-state index contributed by atoms with van der Waals surface area (Å²) in [6.07, 6.45) is 9.51. The molecule has 1 amide bonds. The van der Waals surface area contributed by atoms with Crippen LogP contribution in [0.3, 0.4) is 0 Å². The molecule has 1 aliphatic rings. The van der Waals surface area contributed by atoms with Gasteiger partial charge in [-0.25, -0.2) is 4.98 Å². The zero-order valence-corrected chi connectivity index (χ0v) is 14.4. The van der Waals surface area contributed by atoms with Gasteiger partial charge >= 0.3 is 0 Å². The molecule has 0 saturated carbocycles. The largest absolute Gasteiger partial charge is 0.298 e. The van der Waals surface area contributed by atoms with Crippen LogP contribution in [-0.2, 0) is 11.3 Å². The molecule has 0 bridgehead atoms. The van der Waals surface area contributed by atoms with Crippen LogP contribution in [-0.4, -0.2) is 28.9 Å². The normalized spacial score (nSPS) is 17.6. The first-order valence-corrected chi connectivity index (χ1v) is 8.69. The molecule has 0 unspecified atom stereocenters. The summed E-state index contributed by atoms with van der Waals surface area (Å²) in [4.78, 5) is 20.0. The number of piperidine rings is 1. The average molecular weight is 319 g/mol. The number of hydrogen-bond acceptors (Lipinski definition) is 4. The number of thiazole rings is 1. The molecule has 1 saturated heterocycles. The SMILES string of the molecule is C/C=C/C=C/C(=O)Nc1nc(C)c(CN2CCC(C)CC2)s1. The number of nitrogens with zero attached hydrogens (tertiary/aromatic N) is 2. The van der Waals surface area contributed by atoms with Crippen LogP contribution in [0.25, 0.3) is 0 Å². The summed E-state index contributed by atoms with van der Waals surface area (Å²) in [7, 11) is 0. The number of allylic oxidation sites excluding steroid dienone is 3. The van der Waals surface area contributed by atoms with Crippen molar-refractivity contribution in [3.05, 3.63) is 34.9 Å². The molecular weight excluding hydrogens is 294 g/mol. The Morgan fingerprint density at radius 1 is 1.41 bits per heavy atom. The van der Waals surface area contributed by atoms with E-state index in [2.05, 4.69) is 22.1 Å². The predicted molar refractivity (Wildman–Crippen MR) is 93.1 cm³/mol. The van der Waals surface area contributed by atoms with E-state index in [1.165, 1.54) is 23.8 Å². The lowest BCUT2D eigenvalue weighted by Gasteiger charge is -2.29. The second kappa shape index (κ2) is 8.25. The van der Waals surface area contributed by atoms with Crippen molar-refractivity contribution in [2.75, 3.05) is 18.4 Å². The van der Waals surface area contributed by atoms with Crippen molar-refractivity contribution >= 4 is 22.4 Å². The standard InChI is InChI=1S/C17H25N3OS/c1-4-5-6-7-16(21)19-17-18-14(3)15(22-17)12-20-10-8-13(2)9-11-20/h4-7,13H,8-12H2,1-3H3,(H,18,19,21)/b5-4+,7-6+.